The molecule has 0 fully saturated rings. The Morgan fingerprint density at radius 1 is 1.36 bits per heavy atom. The molecule has 0 amide bonds. The van der Waals surface area contributed by atoms with Crippen LogP contribution in [-0.4, -0.2) is 23.7 Å². The van der Waals surface area contributed by atoms with Crippen molar-refractivity contribution in [3.63, 3.8) is 0 Å². The molecule has 0 aliphatic rings. The van der Waals surface area contributed by atoms with Gasteiger partial charge in [-0.15, -0.1) is 0 Å². The first-order valence-corrected chi connectivity index (χ1v) is 8.43. The van der Waals surface area contributed by atoms with Gasteiger partial charge >= 0.3 is 0 Å². The molecule has 2 nitrogen and oxygen atoms in total. The van der Waals surface area contributed by atoms with Gasteiger partial charge < -0.3 is 0 Å². The Balaban J connectivity index is 3.82. The summed E-state index contributed by atoms with van der Waals surface area (Å²) in [7, 11) is -2.93. The van der Waals surface area contributed by atoms with E-state index in [0.29, 0.717) is 0 Å². The quantitative estimate of drug-likeness (QED) is 0.523. The first kappa shape index (κ1) is 14.6. The van der Waals surface area contributed by atoms with Crippen LogP contribution in [0.3, 0.4) is 0 Å². The molecule has 0 radical (unpaired) electrons. The summed E-state index contributed by atoms with van der Waals surface area (Å²) in [5, 5.41) is 0. The zero-order chi connectivity index (χ0) is 11.0. The Morgan fingerprint density at radius 3 is 2.50 bits per heavy atom. The number of allylic oxidation sites excluding steroid dienone is 2. The molecular weight excluding hydrogens is 332 g/mol. The molecule has 0 N–H and O–H groups in total. The van der Waals surface area contributed by atoms with Crippen molar-refractivity contribution in [1.82, 2.24) is 0 Å². The van der Waals surface area contributed by atoms with Gasteiger partial charge in [-0.25, -0.2) is 8.42 Å². The maximum atomic E-state index is 11.2. The number of rotatable bonds is 7. The van der Waals surface area contributed by atoms with Gasteiger partial charge in [0.2, 0.25) is 0 Å². The second kappa shape index (κ2) is 7.88. The van der Waals surface area contributed by atoms with Crippen LogP contribution in [0.2, 0.25) is 0 Å². The highest BCUT2D eigenvalue weighted by Crippen LogP contribution is 2.11. The Bertz CT molecular complexity index is 260. The van der Waals surface area contributed by atoms with Crippen LogP contribution in [0.4, 0.5) is 0 Å². The molecule has 0 aromatic rings. The maximum absolute atomic E-state index is 11.2. The summed E-state index contributed by atoms with van der Waals surface area (Å²) in [5.41, 5.74) is 0. The van der Waals surface area contributed by atoms with Gasteiger partial charge in [0.15, 0.2) is 9.84 Å². The smallest absolute Gasteiger partial charge is 0.161 e. The predicted octanol–water partition coefficient (Wildman–Crippen LogP) is 3.26. The molecule has 0 aromatic carbocycles. The van der Waals surface area contributed by atoms with Crippen molar-refractivity contribution in [2.45, 2.75) is 31.0 Å². The molecule has 0 saturated carbocycles. The summed E-state index contributed by atoms with van der Waals surface area (Å²) >= 11 is 6.32. The molecule has 1 unspecified atom stereocenters. The number of halogens is 2. The third kappa shape index (κ3) is 8.00. The minimum absolute atomic E-state index is 0.0261. The molecular formula is C9H16Br2O2S. The van der Waals surface area contributed by atoms with Crippen LogP contribution in [0, 0.1) is 0 Å². The normalized spacial score (nSPS) is 14.8. The second-order valence-corrected chi connectivity index (χ2v) is 7.82. The molecule has 0 spiro atoms. The van der Waals surface area contributed by atoms with Crippen molar-refractivity contribution in [3.8, 4) is 0 Å². The fraction of sp³-hybridized carbons (Fsp3) is 0.778. The summed E-state index contributed by atoms with van der Waals surface area (Å²) < 4.78 is 22.4. The van der Waals surface area contributed by atoms with E-state index >= 15 is 0 Å². The number of unbranched alkanes of at least 4 members (excludes halogenated alkanes) is 1. The van der Waals surface area contributed by atoms with Gasteiger partial charge in [0.05, 0.1) is 5.75 Å². The molecule has 0 saturated heterocycles. The van der Waals surface area contributed by atoms with E-state index in [2.05, 4.69) is 44.9 Å². The van der Waals surface area contributed by atoms with E-state index in [9.17, 15) is 8.42 Å². The molecule has 0 bridgehead atoms. The van der Waals surface area contributed by atoms with Gasteiger partial charge in [0, 0.05) is 4.83 Å². The summed E-state index contributed by atoms with van der Waals surface area (Å²) in [6.07, 6.45) is 7.09. The molecule has 0 aliphatic heterocycles. The van der Waals surface area contributed by atoms with E-state index in [-0.39, 0.29) is 15.2 Å². The summed E-state index contributed by atoms with van der Waals surface area (Å²) in [4.78, 5) is 0.0261. The summed E-state index contributed by atoms with van der Waals surface area (Å²) in [5.74, 6) is 0.189. The fourth-order valence-electron chi connectivity index (χ4n) is 0.917. The average Bonchev–Trinajstić information content (AvgIpc) is 2.12. The monoisotopic (exact) mass is 346 g/mol. The van der Waals surface area contributed by atoms with Crippen LogP contribution in [0.5, 0.6) is 0 Å². The van der Waals surface area contributed by atoms with E-state index in [1.807, 2.05) is 6.08 Å². The number of sulfone groups is 1. The summed E-state index contributed by atoms with van der Waals surface area (Å²) in [6, 6.07) is 0. The highest BCUT2D eigenvalue weighted by molar-refractivity contribution is 9.11. The van der Waals surface area contributed by atoms with Gasteiger partial charge in [-0.2, -0.15) is 0 Å². The zero-order valence-corrected chi connectivity index (χ0v) is 12.2. The van der Waals surface area contributed by atoms with Crippen LogP contribution in [0.1, 0.15) is 26.2 Å². The van der Waals surface area contributed by atoms with E-state index in [0.717, 1.165) is 19.3 Å². The lowest BCUT2D eigenvalue weighted by Crippen LogP contribution is -2.15. The zero-order valence-electron chi connectivity index (χ0n) is 8.25. The lowest BCUT2D eigenvalue weighted by atomic mass is 10.2. The number of alkyl halides is 2. The fourth-order valence-corrected chi connectivity index (χ4v) is 3.68. The third-order valence-corrected chi connectivity index (χ3v) is 6.08. The standard InChI is InChI=1S/C9H16Br2O2S/c1-2-3-4-5-6-9(11)7-14(12,13)8-10/h4-5,9H,2-3,6-8H2,1H3/b5-4+. The topological polar surface area (TPSA) is 34.1 Å². The molecule has 14 heavy (non-hydrogen) atoms. The first-order valence-electron chi connectivity index (χ1n) is 4.57. The van der Waals surface area contributed by atoms with Gasteiger partial charge in [-0.3, -0.25) is 0 Å². The largest absolute Gasteiger partial charge is 0.228 e. The SMILES string of the molecule is CCC/C=C/CC(Br)CS(=O)(=O)CBr. The van der Waals surface area contributed by atoms with E-state index in [4.69, 9.17) is 0 Å². The lowest BCUT2D eigenvalue weighted by Gasteiger charge is -2.05. The van der Waals surface area contributed by atoms with Crippen LogP contribution >= 0.6 is 31.9 Å². The Morgan fingerprint density at radius 2 is 2.00 bits per heavy atom. The number of hydrogen-bond acceptors (Lipinski definition) is 2. The van der Waals surface area contributed by atoms with Crippen molar-refractivity contribution < 1.29 is 8.42 Å². The molecule has 0 aliphatic carbocycles. The Kier molecular flexibility index (Phi) is 8.25. The predicted molar refractivity (Wildman–Crippen MR) is 69.0 cm³/mol. The average molecular weight is 348 g/mol. The van der Waals surface area contributed by atoms with Crippen LogP contribution < -0.4 is 0 Å². The van der Waals surface area contributed by atoms with Crippen LogP contribution in [0.25, 0.3) is 0 Å². The van der Waals surface area contributed by atoms with Crippen molar-refractivity contribution >= 4 is 41.7 Å². The van der Waals surface area contributed by atoms with Crippen LogP contribution in [-0.2, 0) is 9.84 Å². The van der Waals surface area contributed by atoms with Gasteiger partial charge in [0.25, 0.3) is 0 Å². The van der Waals surface area contributed by atoms with Crippen molar-refractivity contribution in [2.24, 2.45) is 0 Å². The minimum Gasteiger partial charge on any atom is -0.228 e. The first-order chi connectivity index (χ1) is 6.52. The Hall–Kier alpha value is 0.650. The molecule has 1 atom stereocenters. The highest BCUT2D eigenvalue weighted by Gasteiger charge is 2.14. The van der Waals surface area contributed by atoms with Crippen molar-refractivity contribution in [3.05, 3.63) is 12.2 Å². The molecule has 0 aromatic heterocycles. The third-order valence-electron chi connectivity index (χ3n) is 1.61. The molecule has 5 heteroatoms. The molecule has 0 heterocycles. The summed E-state index contributed by atoms with van der Waals surface area (Å²) in [6.45, 7) is 2.12. The maximum Gasteiger partial charge on any atom is 0.161 e. The molecule has 84 valence electrons. The Labute approximate surface area is 103 Å². The second-order valence-electron chi connectivity index (χ2n) is 3.11. The van der Waals surface area contributed by atoms with E-state index in [1.165, 1.54) is 0 Å². The molecule has 0 rings (SSSR count). The number of hydrogen-bond donors (Lipinski definition) is 0. The van der Waals surface area contributed by atoms with Crippen molar-refractivity contribution in [2.75, 3.05) is 10.4 Å². The van der Waals surface area contributed by atoms with E-state index < -0.39 is 9.84 Å². The van der Waals surface area contributed by atoms with Gasteiger partial charge in [-0.05, 0) is 12.8 Å². The van der Waals surface area contributed by atoms with Gasteiger partial charge in [0.1, 0.15) is 4.66 Å². The minimum atomic E-state index is -2.93. The lowest BCUT2D eigenvalue weighted by molar-refractivity contribution is 0.599. The van der Waals surface area contributed by atoms with Gasteiger partial charge in [-0.1, -0.05) is 57.4 Å². The van der Waals surface area contributed by atoms with Crippen molar-refractivity contribution in [1.29, 1.82) is 0 Å². The highest BCUT2D eigenvalue weighted by atomic mass is 79.9. The van der Waals surface area contributed by atoms with E-state index in [1.54, 1.807) is 0 Å². The van der Waals surface area contributed by atoms with Crippen LogP contribution in [0.15, 0.2) is 12.2 Å².